The van der Waals surface area contributed by atoms with Crippen molar-refractivity contribution in [3.05, 3.63) is 71.5 Å². The number of nitrogens with one attached hydrogen (secondary N) is 1. The number of hydrogen-bond donors (Lipinski definition) is 1. The van der Waals surface area contributed by atoms with Crippen molar-refractivity contribution in [3.8, 4) is 5.69 Å². The predicted octanol–water partition coefficient (Wildman–Crippen LogP) is 2.34. The van der Waals surface area contributed by atoms with E-state index in [2.05, 4.69) is 15.4 Å². The number of amides is 1. The van der Waals surface area contributed by atoms with Gasteiger partial charge in [0.05, 0.1) is 5.52 Å². The summed E-state index contributed by atoms with van der Waals surface area (Å²) in [5.74, 6) is -1.41. The quantitative estimate of drug-likeness (QED) is 0.584. The van der Waals surface area contributed by atoms with Gasteiger partial charge in [-0.25, -0.2) is 18.9 Å². The number of oxazole rings is 1. The van der Waals surface area contributed by atoms with Gasteiger partial charge in [0.25, 0.3) is 0 Å². The highest BCUT2D eigenvalue weighted by Gasteiger charge is 2.12. The Kier molecular flexibility index (Phi) is 4.25. The molecule has 0 saturated carbocycles. The zero-order chi connectivity index (χ0) is 18.8. The molecule has 0 fully saturated rings. The molecule has 0 bridgehead atoms. The molecule has 0 saturated heterocycles. The van der Waals surface area contributed by atoms with E-state index in [1.807, 2.05) is 0 Å². The first-order chi connectivity index (χ1) is 13.1. The summed E-state index contributed by atoms with van der Waals surface area (Å²) in [6.07, 6.45) is 2.72. The molecule has 4 aromatic rings. The molecule has 4 rings (SSSR count). The molecule has 0 aliphatic carbocycles. The van der Waals surface area contributed by atoms with Gasteiger partial charge in [0.2, 0.25) is 5.91 Å². The summed E-state index contributed by atoms with van der Waals surface area (Å²) >= 11 is 0. The molecule has 0 aliphatic heterocycles. The Bertz CT molecular complexity index is 1160. The smallest absolute Gasteiger partial charge is 0.408 e. The van der Waals surface area contributed by atoms with Gasteiger partial charge in [-0.05, 0) is 30.3 Å². The molecule has 1 amide bonds. The third kappa shape index (κ3) is 3.34. The first-order valence-corrected chi connectivity index (χ1v) is 8.14. The van der Waals surface area contributed by atoms with Crippen molar-refractivity contribution in [1.29, 1.82) is 0 Å². The van der Waals surface area contributed by atoms with Crippen LogP contribution < -0.4 is 11.1 Å². The number of rotatable bonds is 5. The van der Waals surface area contributed by atoms with E-state index < -0.39 is 11.6 Å². The van der Waals surface area contributed by atoms with Crippen molar-refractivity contribution >= 4 is 22.7 Å². The van der Waals surface area contributed by atoms with Gasteiger partial charge < -0.3 is 9.73 Å². The Hall–Kier alpha value is -3.75. The summed E-state index contributed by atoms with van der Waals surface area (Å²) in [5.41, 5.74) is 1.62. The van der Waals surface area contributed by atoms with E-state index in [-0.39, 0.29) is 24.6 Å². The summed E-state index contributed by atoms with van der Waals surface area (Å²) in [7, 11) is 0. The van der Waals surface area contributed by atoms with E-state index in [1.54, 1.807) is 30.3 Å². The van der Waals surface area contributed by atoms with Gasteiger partial charge in [0, 0.05) is 18.7 Å². The van der Waals surface area contributed by atoms with Gasteiger partial charge in [-0.15, -0.1) is 0 Å². The van der Waals surface area contributed by atoms with E-state index in [4.69, 9.17) is 4.42 Å². The highest BCUT2D eigenvalue weighted by atomic mass is 19.1. The average molecular weight is 367 g/mol. The maximum absolute atomic E-state index is 14.2. The van der Waals surface area contributed by atoms with Gasteiger partial charge in [-0.1, -0.05) is 12.1 Å². The summed E-state index contributed by atoms with van der Waals surface area (Å²) in [4.78, 5) is 27.8. The van der Waals surface area contributed by atoms with Crippen LogP contribution in [0.1, 0.15) is 6.42 Å². The lowest BCUT2D eigenvalue weighted by Gasteiger charge is -2.08. The molecule has 0 aliphatic rings. The van der Waals surface area contributed by atoms with Crippen molar-refractivity contribution < 1.29 is 13.6 Å². The number of carbonyl (C=O) groups is 1. The molecule has 2 heterocycles. The number of aryl methyl sites for hydroxylation is 1. The molecular weight excluding hydrogens is 353 g/mol. The average Bonchev–Trinajstić information content (AvgIpc) is 3.27. The lowest BCUT2D eigenvalue weighted by atomic mass is 10.2. The zero-order valence-electron chi connectivity index (χ0n) is 14.0. The second kappa shape index (κ2) is 6.87. The Morgan fingerprint density at radius 3 is 2.85 bits per heavy atom. The van der Waals surface area contributed by atoms with Gasteiger partial charge in [-0.3, -0.25) is 9.36 Å². The Labute approximate surface area is 151 Å². The molecule has 136 valence electrons. The summed E-state index contributed by atoms with van der Waals surface area (Å²) in [6.45, 7) is 0.154. The SMILES string of the molecule is O=C(CCn1c(=O)oc2ccccc21)Nc1ccc(-n2cncn2)c(F)c1. The fraction of sp³-hybridized carbons (Fsp3) is 0.111. The van der Waals surface area contributed by atoms with E-state index in [0.717, 1.165) is 0 Å². The highest BCUT2D eigenvalue weighted by molar-refractivity contribution is 5.90. The van der Waals surface area contributed by atoms with Crippen molar-refractivity contribution in [3.63, 3.8) is 0 Å². The molecule has 2 aromatic heterocycles. The molecule has 8 nitrogen and oxygen atoms in total. The zero-order valence-corrected chi connectivity index (χ0v) is 14.0. The van der Waals surface area contributed by atoms with Gasteiger partial charge in [0.15, 0.2) is 11.4 Å². The van der Waals surface area contributed by atoms with Gasteiger partial charge >= 0.3 is 5.76 Å². The Morgan fingerprint density at radius 1 is 1.22 bits per heavy atom. The van der Waals surface area contributed by atoms with Crippen LogP contribution in [0.4, 0.5) is 10.1 Å². The molecule has 0 spiro atoms. The number of hydrogen-bond acceptors (Lipinski definition) is 5. The molecule has 1 N–H and O–H groups in total. The number of fused-ring (bicyclic) bond motifs is 1. The van der Waals surface area contributed by atoms with E-state index in [1.165, 1.54) is 34.0 Å². The van der Waals surface area contributed by atoms with Crippen LogP contribution in [0.5, 0.6) is 0 Å². The van der Waals surface area contributed by atoms with E-state index >= 15 is 0 Å². The Balaban J connectivity index is 1.44. The van der Waals surface area contributed by atoms with Crippen LogP contribution in [-0.2, 0) is 11.3 Å². The maximum atomic E-state index is 14.2. The fourth-order valence-electron chi connectivity index (χ4n) is 2.77. The number of carbonyl (C=O) groups excluding carboxylic acids is 1. The van der Waals surface area contributed by atoms with Crippen LogP contribution in [0.2, 0.25) is 0 Å². The topological polar surface area (TPSA) is 94.9 Å². The number of nitrogens with zero attached hydrogens (tertiary/aromatic N) is 4. The monoisotopic (exact) mass is 367 g/mol. The summed E-state index contributed by atoms with van der Waals surface area (Å²) in [5, 5.41) is 6.48. The minimum absolute atomic E-state index is 0.0376. The molecule has 0 unspecified atom stereocenters. The standard InChI is InChI=1S/C18H14FN5O3/c19-13-9-12(5-6-14(13)24-11-20-10-21-24)22-17(25)7-8-23-15-3-1-2-4-16(15)27-18(23)26/h1-6,9-11H,7-8H2,(H,22,25). The van der Waals surface area contributed by atoms with Crippen molar-refractivity contribution in [2.24, 2.45) is 0 Å². The van der Waals surface area contributed by atoms with E-state index in [9.17, 15) is 14.0 Å². The third-order valence-electron chi connectivity index (χ3n) is 4.03. The lowest BCUT2D eigenvalue weighted by Crippen LogP contribution is -2.20. The van der Waals surface area contributed by atoms with Crippen LogP contribution in [0, 0.1) is 5.82 Å². The molecule has 9 heteroatoms. The second-order valence-corrected chi connectivity index (χ2v) is 5.79. The minimum Gasteiger partial charge on any atom is -0.408 e. The summed E-state index contributed by atoms with van der Waals surface area (Å²) in [6, 6.07) is 11.2. The van der Waals surface area contributed by atoms with Crippen molar-refractivity contribution in [2.45, 2.75) is 13.0 Å². The Morgan fingerprint density at radius 2 is 2.07 bits per heavy atom. The third-order valence-corrected chi connectivity index (χ3v) is 4.03. The maximum Gasteiger partial charge on any atom is 0.419 e. The van der Waals surface area contributed by atoms with Crippen LogP contribution in [0.15, 0.2) is 64.3 Å². The number of anilines is 1. The lowest BCUT2D eigenvalue weighted by molar-refractivity contribution is -0.116. The fourth-order valence-corrected chi connectivity index (χ4v) is 2.77. The van der Waals surface area contributed by atoms with Crippen molar-refractivity contribution in [1.82, 2.24) is 19.3 Å². The number of para-hydroxylation sites is 2. The van der Waals surface area contributed by atoms with E-state index in [0.29, 0.717) is 16.8 Å². The first-order valence-electron chi connectivity index (χ1n) is 8.14. The molecule has 0 atom stereocenters. The van der Waals surface area contributed by atoms with Crippen LogP contribution in [0.3, 0.4) is 0 Å². The number of aromatic nitrogens is 4. The molecule has 2 aromatic carbocycles. The minimum atomic E-state index is -0.546. The summed E-state index contributed by atoms with van der Waals surface area (Å²) < 4.78 is 22.0. The van der Waals surface area contributed by atoms with Crippen LogP contribution >= 0.6 is 0 Å². The van der Waals surface area contributed by atoms with Gasteiger partial charge in [0.1, 0.15) is 18.3 Å². The highest BCUT2D eigenvalue weighted by Crippen LogP contribution is 2.18. The molecule has 27 heavy (non-hydrogen) atoms. The van der Waals surface area contributed by atoms with Crippen LogP contribution in [0.25, 0.3) is 16.8 Å². The van der Waals surface area contributed by atoms with Crippen LogP contribution in [-0.4, -0.2) is 25.2 Å². The number of halogens is 1. The molecule has 0 radical (unpaired) electrons. The first kappa shape index (κ1) is 16.7. The number of benzene rings is 2. The normalized spacial score (nSPS) is 11.0. The van der Waals surface area contributed by atoms with Crippen molar-refractivity contribution in [2.75, 3.05) is 5.32 Å². The molecular formula is C18H14FN5O3. The largest absolute Gasteiger partial charge is 0.419 e. The van der Waals surface area contributed by atoms with Gasteiger partial charge in [-0.2, -0.15) is 5.10 Å². The predicted molar refractivity (Wildman–Crippen MR) is 95.0 cm³/mol. The second-order valence-electron chi connectivity index (χ2n) is 5.79.